The van der Waals surface area contributed by atoms with Gasteiger partial charge in [0.15, 0.2) is 0 Å². The maximum absolute atomic E-state index is 12.3. The molecule has 0 aliphatic heterocycles. The van der Waals surface area contributed by atoms with Crippen molar-refractivity contribution in [1.82, 2.24) is 10.2 Å². The number of carbonyl (C=O) groups is 2. The van der Waals surface area contributed by atoms with E-state index in [2.05, 4.69) is 41.9 Å². The van der Waals surface area contributed by atoms with E-state index in [1.807, 2.05) is 13.8 Å². The van der Waals surface area contributed by atoms with Crippen LogP contribution in [0.25, 0.3) is 0 Å². The summed E-state index contributed by atoms with van der Waals surface area (Å²) in [6.45, 7) is 6.63. The van der Waals surface area contributed by atoms with Crippen LogP contribution in [0.2, 0.25) is 0 Å². The standard InChI is InChI=1S/C21H34N4O2/c1-15(2)19(26)23-17-8-10-18(11-9-17)24-20(27)22-14-21(25(4)5)12-6-7-16(3)13-21/h8-11,15-16H,6-7,12-14H2,1-5H3,(H,23,26)(H2,22,24,27)/t16-,21-/m0/s1. The lowest BCUT2D eigenvalue weighted by Gasteiger charge is -2.45. The van der Waals surface area contributed by atoms with Gasteiger partial charge in [-0.15, -0.1) is 0 Å². The van der Waals surface area contributed by atoms with Crippen LogP contribution in [0.1, 0.15) is 46.5 Å². The Hall–Kier alpha value is -2.08. The molecule has 0 spiro atoms. The van der Waals surface area contributed by atoms with Crippen molar-refractivity contribution in [2.45, 2.75) is 52.0 Å². The smallest absolute Gasteiger partial charge is 0.319 e. The van der Waals surface area contributed by atoms with Crippen molar-refractivity contribution in [2.24, 2.45) is 11.8 Å². The Balaban J connectivity index is 1.88. The van der Waals surface area contributed by atoms with Gasteiger partial charge in [-0.05, 0) is 57.1 Å². The molecule has 2 rings (SSSR count). The number of benzene rings is 1. The van der Waals surface area contributed by atoms with Crippen LogP contribution in [-0.4, -0.2) is 43.0 Å². The van der Waals surface area contributed by atoms with Crippen LogP contribution < -0.4 is 16.0 Å². The third kappa shape index (κ3) is 5.96. The molecular formula is C21H34N4O2. The normalized spacial score (nSPS) is 22.6. The molecule has 6 heteroatoms. The number of nitrogens with zero attached hydrogens (tertiary/aromatic N) is 1. The second-order valence-corrected chi connectivity index (χ2v) is 8.35. The minimum Gasteiger partial charge on any atom is -0.336 e. The molecule has 3 N–H and O–H groups in total. The van der Waals surface area contributed by atoms with E-state index in [0.29, 0.717) is 18.2 Å². The fourth-order valence-electron chi connectivity index (χ4n) is 3.70. The van der Waals surface area contributed by atoms with Gasteiger partial charge in [-0.25, -0.2) is 4.79 Å². The topological polar surface area (TPSA) is 73.5 Å². The van der Waals surface area contributed by atoms with Gasteiger partial charge in [0.1, 0.15) is 0 Å². The maximum Gasteiger partial charge on any atom is 0.319 e. The molecule has 1 aliphatic rings. The Morgan fingerprint density at radius 1 is 1.15 bits per heavy atom. The fraction of sp³-hybridized carbons (Fsp3) is 0.619. The molecule has 1 aromatic carbocycles. The van der Waals surface area contributed by atoms with Gasteiger partial charge >= 0.3 is 6.03 Å². The van der Waals surface area contributed by atoms with Gasteiger partial charge in [-0.2, -0.15) is 0 Å². The third-order valence-corrected chi connectivity index (χ3v) is 5.53. The van der Waals surface area contributed by atoms with Crippen molar-refractivity contribution in [1.29, 1.82) is 0 Å². The molecule has 1 fully saturated rings. The molecule has 1 saturated carbocycles. The Kier molecular flexibility index (Phi) is 7.25. The summed E-state index contributed by atoms with van der Waals surface area (Å²) in [5.74, 6) is 0.587. The predicted molar refractivity (Wildman–Crippen MR) is 111 cm³/mol. The molecule has 0 unspecified atom stereocenters. The average Bonchev–Trinajstić information content (AvgIpc) is 2.61. The number of likely N-dealkylation sites (N-methyl/N-ethyl adjacent to an activating group) is 1. The fourth-order valence-corrected chi connectivity index (χ4v) is 3.70. The Labute approximate surface area is 163 Å². The van der Waals surface area contributed by atoms with Gasteiger partial charge in [0, 0.05) is 29.4 Å². The molecule has 150 valence electrons. The number of hydrogen-bond donors (Lipinski definition) is 3. The van der Waals surface area contributed by atoms with Gasteiger partial charge in [0.2, 0.25) is 5.91 Å². The number of carbonyl (C=O) groups excluding carboxylic acids is 2. The molecule has 2 atom stereocenters. The van der Waals surface area contributed by atoms with Crippen molar-refractivity contribution in [3.05, 3.63) is 24.3 Å². The molecular weight excluding hydrogens is 340 g/mol. The van der Waals surface area contributed by atoms with Gasteiger partial charge in [-0.1, -0.05) is 33.6 Å². The van der Waals surface area contributed by atoms with Crippen LogP contribution in [-0.2, 0) is 4.79 Å². The highest BCUT2D eigenvalue weighted by Crippen LogP contribution is 2.35. The van der Waals surface area contributed by atoms with Crippen molar-refractivity contribution < 1.29 is 9.59 Å². The van der Waals surface area contributed by atoms with Crippen molar-refractivity contribution in [3.8, 4) is 0 Å². The molecule has 0 saturated heterocycles. The number of anilines is 2. The molecule has 0 radical (unpaired) electrons. The van der Waals surface area contributed by atoms with Crippen molar-refractivity contribution in [2.75, 3.05) is 31.3 Å². The molecule has 1 aromatic rings. The number of nitrogens with one attached hydrogen (secondary N) is 3. The Morgan fingerprint density at radius 2 is 1.74 bits per heavy atom. The van der Waals surface area contributed by atoms with Gasteiger partial charge in [0.05, 0.1) is 0 Å². The highest BCUT2D eigenvalue weighted by Gasteiger charge is 2.37. The second kappa shape index (κ2) is 9.22. The lowest BCUT2D eigenvalue weighted by molar-refractivity contribution is -0.118. The molecule has 3 amide bonds. The lowest BCUT2D eigenvalue weighted by Crippen LogP contribution is -2.55. The first-order valence-electron chi connectivity index (χ1n) is 9.85. The lowest BCUT2D eigenvalue weighted by atomic mass is 9.75. The quantitative estimate of drug-likeness (QED) is 0.707. The highest BCUT2D eigenvalue weighted by atomic mass is 16.2. The molecule has 0 bridgehead atoms. The van der Waals surface area contributed by atoms with E-state index < -0.39 is 0 Å². The molecule has 1 aliphatic carbocycles. The van der Waals surface area contributed by atoms with Gasteiger partial charge in [-0.3, -0.25) is 4.79 Å². The second-order valence-electron chi connectivity index (χ2n) is 8.35. The van der Waals surface area contributed by atoms with E-state index in [4.69, 9.17) is 0 Å². The number of amides is 3. The Bertz CT molecular complexity index is 642. The van der Waals surface area contributed by atoms with Crippen LogP contribution in [0.4, 0.5) is 16.2 Å². The van der Waals surface area contributed by atoms with Crippen molar-refractivity contribution in [3.63, 3.8) is 0 Å². The molecule has 0 aromatic heterocycles. The largest absolute Gasteiger partial charge is 0.336 e. The van der Waals surface area contributed by atoms with Crippen LogP contribution in [0.5, 0.6) is 0 Å². The molecule has 6 nitrogen and oxygen atoms in total. The zero-order valence-electron chi connectivity index (χ0n) is 17.3. The zero-order chi connectivity index (χ0) is 20.0. The van der Waals surface area contributed by atoms with Crippen LogP contribution >= 0.6 is 0 Å². The number of rotatable bonds is 6. The zero-order valence-corrected chi connectivity index (χ0v) is 17.3. The summed E-state index contributed by atoms with van der Waals surface area (Å²) in [6, 6.07) is 6.97. The summed E-state index contributed by atoms with van der Waals surface area (Å²) >= 11 is 0. The van der Waals surface area contributed by atoms with E-state index in [1.54, 1.807) is 24.3 Å². The summed E-state index contributed by atoms with van der Waals surface area (Å²) in [6.07, 6.45) is 4.67. The van der Waals surface area contributed by atoms with Crippen molar-refractivity contribution >= 4 is 23.3 Å². The van der Waals surface area contributed by atoms with Crippen LogP contribution in [0.3, 0.4) is 0 Å². The Morgan fingerprint density at radius 3 is 2.26 bits per heavy atom. The minimum atomic E-state index is -0.201. The van der Waals surface area contributed by atoms with E-state index in [-0.39, 0.29) is 23.4 Å². The first-order valence-corrected chi connectivity index (χ1v) is 9.85. The maximum atomic E-state index is 12.3. The average molecular weight is 375 g/mol. The summed E-state index contributed by atoms with van der Waals surface area (Å²) in [5, 5.41) is 8.75. The van der Waals surface area contributed by atoms with Crippen LogP contribution in [0.15, 0.2) is 24.3 Å². The number of hydrogen-bond acceptors (Lipinski definition) is 3. The SMILES string of the molecule is CC(C)C(=O)Nc1ccc(NC(=O)NC[C@]2(N(C)C)CCC[C@H](C)C2)cc1. The summed E-state index contributed by atoms with van der Waals surface area (Å²) in [7, 11) is 4.20. The minimum absolute atomic E-state index is 0.0239. The monoisotopic (exact) mass is 374 g/mol. The summed E-state index contributed by atoms with van der Waals surface area (Å²) < 4.78 is 0. The van der Waals surface area contributed by atoms with E-state index in [0.717, 1.165) is 18.5 Å². The van der Waals surface area contributed by atoms with E-state index >= 15 is 0 Å². The predicted octanol–water partition coefficient (Wildman–Crippen LogP) is 3.91. The molecule has 27 heavy (non-hydrogen) atoms. The van der Waals surface area contributed by atoms with Gasteiger partial charge in [0.25, 0.3) is 0 Å². The van der Waals surface area contributed by atoms with Crippen LogP contribution in [0, 0.1) is 11.8 Å². The first kappa shape index (κ1) is 21.2. The van der Waals surface area contributed by atoms with Gasteiger partial charge < -0.3 is 20.9 Å². The molecule has 0 heterocycles. The number of urea groups is 1. The summed E-state index contributed by atoms with van der Waals surface area (Å²) in [4.78, 5) is 26.3. The summed E-state index contributed by atoms with van der Waals surface area (Å²) in [5.41, 5.74) is 1.45. The highest BCUT2D eigenvalue weighted by molar-refractivity contribution is 5.93. The van der Waals surface area contributed by atoms with E-state index in [1.165, 1.54) is 12.8 Å². The van der Waals surface area contributed by atoms with E-state index in [9.17, 15) is 9.59 Å². The first-order chi connectivity index (χ1) is 12.7. The third-order valence-electron chi connectivity index (χ3n) is 5.53.